The van der Waals surface area contributed by atoms with Gasteiger partial charge in [-0.15, -0.1) is 5.10 Å². The summed E-state index contributed by atoms with van der Waals surface area (Å²) in [6.45, 7) is 6.36. The van der Waals surface area contributed by atoms with E-state index in [0.717, 1.165) is 107 Å². The zero-order valence-corrected chi connectivity index (χ0v) is 34.0. The zero-order valence-electron chi connectivity index (χ0n) is 34.0. The van der Waals surface area contributed by atoms with Crippen LogP contribution in [0.25, 0.3) is 96.6 Å². The van der Waals surface area contributed by atoms with Crippen LogP contribution in [0.4, 0.5) is 0 Å². The Bertz CT molecular complexity index is 3140. The number of H-pyrrole nitrogens is 2. The van der Waals surface area contributed by atoms with E-state index in [1.807, 2.05) is 36.6 Å². The Labute approximate surface area is 355 Å². The van der Waals surface area contributed by atoms with Crippen LogP contribution in [0.3, 0.4) is 0 Å². The van der Waals surface area contributed by atoms with Gasteiger partial charge < -0.3 is 9.97 Å². The van der Waals surface area contributed by atoms with Crippen molar-refractivity contribution >= 4 is 46.4 Å². The van der Waals surface area contributed by atoms with Gasteiger partial charge in [-0.05, 0) is 129 Å². The third-order valence-electron chi connectivity index (χ3n) is 11.6. The highest BCUT2D eigenvalue weighted by molar-refractivity contribution is 5.99. The molecule has 61 heavy (non-hydrogen) atoms. The summed E-state index contributed by atoms with van der Waals surface area (Å²) in [6.07, 6.45) is 18.6. The van der Waals surface area contributed by atoms with Crippen molar-refractivity contribution in [3.63, 3.8) is 0 Å². The minimum atomic E-state index is 0.833. The summed E-state index contributed by atoms with van der Waals surface area (Å²) in [6, 6.07) is 43.2. The standard InChI is InChI=1S/C54H40N7/c1-33-8-14-37(15-9-33)51-42-24-26-44(55-42)52(38-16-10-34(2)11-17-38)46-28-30-48(57-46)54(40-20-22-41(23-21-40)61-32-50(59-60-61)36-6-4-5-7-36)49-31-29-47(58-49)53(45-27-25-43(51)56-45)39-18-12-35(3)13-19-39/h4-32,55,58H,1-3H3. The summed E-state index contributed by atoms with van der Waals surface area (Å²) in [7, 11) is 0. The first-order valence-electron chi connectivity index (χ1n) is 20.5. The zero-order chi connectivity index (χ0) is 41.0. The van der Waals surface area contributed by atoms with Crippen molar-refractivity contribution < 1.29 is 0 Å². The number of nitrogens with one attached hydrogen (secondary N) is 2. The molecule has 291 valence electrons. The molecule has 0 saturated heterocycles. The molecule has 2 N–H and O–H groups in total. The van der Waals surface area contributed by atoms with Crippen molar-refractivity contribution in [3.05, 3.63) is 204 Å². The molecule has 1 fully saturated rings. The summed E-state index contributed by atoms with van der Waals surface area (Å²) < 4.78 is 1.82. The number of aryl methyl sites for hydroxylation is 3. The molecule has 0 spiro atoms. The molecule has 1 saturated carbocycles. The van der Waals surface area contributed by atoms with Crippen LogP contribution in [0.2, 0.25) is 0 Å². The molecular weight excluding hydrogens is 747 g/mol. The van der Waals surface area contributed by atoms with Crippen LogP contribution in [0.1, 0.15) is 45.2 Å². The fourth-order valence-electron chi connectivity index (χ4n) is 8.43. The topological polar surface area (TPSA) is 88.1 Å². The molecule has 7 heteroatoms. The highest BCUT2D eigenvalue weighted by Gasteiger charge is 2.23. The van der Waals surface area contributed by atoms with Crippen LogP contribution in [0, 0.1) is 52.4 Å². The van der Waals surface area contributed by atoms with Gasteiger partial charge in [0, 0.05) is 50.2 Å². The molecule has 2 aliphatic heterocycles. The highest BCUT2D eigenvalue weighted by atomic mass is 15.4. The number of rotatable bonds is 6. The van der Waals surface area contributed by atoms with Gasteiger partial charge in [0.2, 0.25) is 0 Å². The predicted octanol–water partition coefficient (Wildman–Crippen LogP) is 12.6. The molecule has 4 aromatic carbocycles. The Morgan fingerprint density at radius 1 is 0.410 bits per heavy atom. The predicted molar refractivity (Wildman–Crippen MR) is 249 cm³/mol. The fourth-order valence-corrected chi connectivity index (χ4v) is 8.43. The lowest BCUT2D eigenvalue weighted by Crippen LogP contribution is -1.95. The largest absolute Gasteiger partial charge is 0.354 e. The van der Waals surface area contributed by atoms with Crippen LogP contribution < -0.4 is 0 Å². The lowest BCUT2D eigenvalue weighted by molar-refractivity contribution is 0.800. The SMILES string of the molecule is Cc1ccc(-c2c3nc(c(-c4ccc(C)cc4)c4ccc([nH]4)c(-c4ccc(-n5cc([C]6[CH][CH][CH][CH]6)nn5)cc4)c4nc(c(-c5ccc(C)cc5)c5ccc2[nH]5)C=C4)C=C3)cc1. The minimum Gasteiger partial charge on any atom is -0.354 e. The smallest absolute Gasteiger partial charge is 0.0909 e. The summed E-state index contributed by atoms with van der Waals surface area (Å²) >= 11 is 0. The van der Waals surface area contributed by atoms with E-state index in [4.69, 9.17) is 9.97 Å². The Hall–Kier alpha value is -7.38. The van der Waals surface area contributed by atoms with Crippen LogP contribution >= 0.6 is 0 Å². The maximum absolute atomic E-state index is 5.48. The first-order chi connectivity index (χ1) is 29.9. The molecule has 0 unspecified atom stereocenters. The lowest BCUT2D eigenvalue weighted by Gasteiger charge is -2.08. The molecular formula is C54H40N7. The number of nitrogens with zero attached hydrogens (tertiary/aromatic N) is 5. The molecule has 5 radical (unpaired) electrons. The molecule has 11 rings (SSSR count). The molecule has 0 atom stereocenters. The van der Waals surface area contributed by atoms with Crippen molar-refractivity contribution in [2.75, 3.05) is 0 Å². The number of hydrogen-bond donors (Lipinski definition) is 2. The highest BCUT2D eigenvalue weighted by Crippen LogP contribution is 2.39. The summed E-state index contributed by atoms with van der Waals surface area (Å²) in [5.74, 6) is 1.04. The van der Waals surface area contributed by atoms with E-state index < -0.39 is 0 Å². The number of hydrogen-bond acceptors (Lipinski definition) is 4. The summed E-state index contributed by atoms with van der Waals surface area (Å²) in [4.78, 5) is 18.6. The molecule has 1 aliphatic carbocycles. The summed E-state index contributed by atoms with van der Waals surface area (Å²) in [5, 5.41) is 8.89. The second kappa shape index (κ2) is 15.0. The van der Waals surface area contributed by atoms with Gasteiger partial charge >= 0.3 is 0 Å². The second-order valence-electron chi connectivity index (χ2n) is 15.9. The molecule has 7 nitrogen and oxygen atoms in total. The molecule has 4 aromatic heterocycles. The van der Waals surface area contributed by atoms with E-state index in [2.05, 4.69) is 187 Å². The first kappa shape index (κ1) is 36.7. The van der Waals surface area contributed by atoms with Crippen molar-refractivity contribution in [3.8, 4) is 50.2 Å². The molecule has 3 aliphatic rings. The number of fused-ring (bicyclic) bond motifs is 8. The average molecular weight is 787 g/mol. The van der Waals surface area contributed by atoms with Gasteiger partial charge in [0.1, 0.15) is 0 Å². The van der Waals surface area contributed by atoms with Crippen molar-refractivity contribution in [2.24, 2.45) is 0 Å². The average Bonchev–Trinajstić information content (AvgIpc) is 4.13. The number of aromatic nitrogens is 7. The van der Waals surface area contributed by atoms with E-state index in [-0.39, 0.29) is 0 Å². The number of aromatic amines is 2. The Balaban J connectivity index is 1.20. The number of benzene rings is 4. The van der Waals surface area contributed by atoms with E-state index in [1.165, 1.54) is 16.7 Å². The third kappa shape index (κ3) is 6.82. The van der Waals surface area contributed by atoms with Gasteiger partial charge in [0.15, 0.2) is 0 Å². The van der Waals surface area contributed by atoms with Crippen LogP contribution in [-0.2, 0) is 0 Å². The van der Waals surface area contributed by atoms with Gasteiger partial charge in [-0.1, -0.05) is 107 Å². The van der Waals surface area contributed by atoms with Gasteiger partial charge in [0.05, 0.1) is 40.4 Å². The molecule has 8 bridgehead atoms. The Morgan fingerprint density at radius 3 is 1.11 bits per heavy atom. The van der Waals surface area contributed by atoms with Crippen LogP contribution in [0.15, 0.2) is 128 Å². The fraction of sp³-hybridized carbons (Fsp3) is 0.0556. The molecule has 6 heterocycles. The van der Waals surface area contributed by atoms with E-state index in [1.54, 1.807) is 0 Å². The third-order valence-corrected chi connectivity index (χ3v) is 11.6. The maximum atomic E-state index is 5.48. The van der Waals surface area contributed by atoms with Crippen molar-refractivity contribution in [2.45, 2.75) is 20.8 Å². The lowest BCUT2D eigenvalue weighted by atomic mass is 10.0. The van der Waals surface area contributed by atoms with E-state index in [9.17, 15) is 0 Å². The first-order valence-corrected chi connectivity index (χ1v) is 20.5. The van der Waals surface area contributed by atoms with E-state index in [0.29, 0.717) is 0 Å². The second-order valence-corrected chi connectivity index (χ2v) is 15.9. The van der Waals surface area contributed by atoms with Crippen LogP contribution in [-0.4, -0.2) is 34.9 Å². The molecule has 8 aromatic rings. The van der Waals surface area contributed by atoms with Gasteiger partial charge in [-0.3, -0.25) is 0 Å². The van der Waals surface area contributed by atoms with Crippen molar-refractivity contribution in [1.29, 1.82) is 0 Å². The monoisotopic (exact) mass is 786 g/mol. The summed E-state index contributed by atoms with van der Waals surface area (Å²) in [5.41, 5.74) is 21.0. The van der Waals surface area contributed by atoms with Crippen molar-refractivity contribution in [1.82, 2.24) is 34.9 Å². The Kier molecular flexibility index (Phi) is 9.03. The normalized spacial score (nSPS) is 13.7. The van der Waals surface area contributed by atoms with Gasteiger partial charge in [0.25, 0.3) is 0 Å². The van der Waals surface area contributed by atoms with E-state index >= 15 is 0 Å². The Morgan fingerprint density at radius 2 is 0.754 bits per heavy atom. The maximum Gasteiger partial charge on any atom is 0.0909 e. The minimum absolute atomic E-state index is 0.833. The van der Waals surface area contributed by atoms with Gasteiger partial charge in [-0.25, -0.2) is 14.6 Å². The van der Waals surface area contributed by atoms with Gasteiger partial charge in [-0.2, -0.15) is 0 Å². The quantitative estimate of drug-likeness (QED) is 0.176. The van der Waals surface area contributed by atoms with Crippen LogP contribution in [0.5, 0.6) is 0 Å². The molecule has 0 amide bonds.